The molecule has 0 bridgehead atoms. The van der Waals surface area contributed by atoms with E-state index in [0.717, 1.165) is 10.5 Å². The van der Waals surface area contributed by atoms with E-state index in [1.807, 2.05) is 60.7 Å². The first kappa shape index (κ1) is 18.6. The lowest BCUT2D eigenvalue weighted by molar-refractivity contribution is 0.220. The van der Waals surface area contributed by atoms with Gasteiger partial charge in [0.1, 0.15) is 12.2 Å². The van der Waals surface area contributed by atoms with Crippen LogP contribution in [0.1, 0.15) is 22.8 Å². The Morgan fingerprint density at radius 3 is 2.26 bits per heavy atom. The van der Waals surface area contributed by atoms with Gasteiger partial charge in [-0.25, -0.2) is 0 Å². The maximum atomic E-state index is 10.6. The highest BCUT2D eigenvalue weighted by Crippen LogP contribution is 2.31. The molecule has 0 amide bonds. The van der Waals surface area contributed by atoms with Crippen molar-refractivity contribution in [2.45, 2.75) is 11.0 Å². The summed E-state index contributed by atoms with van der Waals surface area (Å²) in [5.41, 5.74) is 15.1. The van der Waals surface area contributed by atoms with Gasteiger partial charge in [0.05, 0.1) is 10.6 Å². The number of nitrogens with two attached hydrogens (primary N) is 2. The fourth-order valence-electron chi connectivity index (χ4n) is 2.67. The van der Waals surface area contributed by atoms with Gasteiger partial charge in [0.25, 0.3) is 0 Å². The van der Waals surface area contributed by atoms with Gasteiger partial charge in [0.2, 0.25) is 0 Å². The Bertz CT molecular complexity index is 992. The summed E-state index contributed by atoms with van der Waals surface area (Å²) >= 11 is 1.31. The molecule has 27 heavy (non-hydrogen) atoms. The smallest absolute Gasteiger partial charge is 0.104 e. The quantitative estimate of drug-likeness (QED) is 0.352. The molecule has 0 radical (unpaired) electrons. The summed E-state index contributed by atoms with van der Waals surface area (Å²) < 4.78 is 0. The molecule has 1 unspecified atom stereocenters. The van der Waals surface area contributed by atoms with Crippen molar-refractivity contribution in [3.8, 4) is 6.07 Å². The monoisotopic (exact) mass is 373 g/mol. The second-order valence-electron chi connectivity index (χ2n) is 5.96. The van der Waals surface area contributed by atoms with Crippen molar-refractivity contribution < 1.29 is 5.11 Å². The first-order chi connectivity index (χ1) is 13.1. The number of anilines is 1. The Hall–Kier alpha value is -3.20. The average Bonchev–Trinajstić information content (AvgIpc) is 2.70. The summed E-state index contributed by atoms with van der Waals surface area (Å²) in [5.74, 6) is 0. The third kappa shape index (κ3) is 4.50. The lowest BCUT2D eigenvalue weighted by Crippen LogP contribution is -2.02. The number of rotatable bonds is 5. The zero-order chi connectivity index (χ0) is 19.2. The number of allylic oxidation sites excluding steroid dienone is 1. The van der Waals surface area contributed by atoms with Gasteiger partial charge in [-0.15, -0.1) is 0 Å². The molecule has 0 fully saturated rings. The molecule has 0 saturated carbocycles. The minimum atomic E-state index is -0.767. The Morgan fingerprint density at radius 2 is 1.59 bits per heavy atom. The number of nitrogens with zero attached hydrogens (tertiary/aromatic N) is 1. The number of thioether (sulfide) groups is 1. The number of nitriles is 1. The zero-order valence-electron chi connectivity index (χ0n) is 14.5. The highest BCUT2D eigenvalue weighted by molar-refractivity contribution is 8.03. The largest absolute Gasteiger partial charge is 0.399 e. The predicted molar refractivity (Wildman–Crippen MR) is 110 cm³/mol. The van der Waals surface area contributed by atoms with E-state index in [9.17, 15) is 10.4 Å². The second kappa shape index (κ2) is 8.45. The van der Waals surface area contributed by atoms with Crippen molar-refractivity contribution in [2.24, 2.45) is 5.73 Å². The van der Waals surface area contributed by atoms with E-state index in [0.29, 0.717) is 27.4 Å². The van der Waals surface area contributed by atoms with Crippen LogP contribution in [0.25, 0.3) is 5.57 Å². The van der Waals surface area contributed by atoms with E-state index in [1.165, 1.54) is 11.8 Å². The van der Waals surface area contributed by atoms with Crippen LogP contribution in [-0.2, 0) is 0 Å². The van der Waals surface area contributed by atoms with Crippen LogP contribution in [0.2, 0.25) is 0 Å². The molecular formula is C22H19N3OS. The van der Waals surface area contributed by atoms with Crippen LogP contribution in [0.4, 0.5) is 5.69 Å². The van der Waals surface area contributed by atoms with Gasteiger partial charge >= 0.3 is 0 Å². The van der Waals surface area contributed by atoms with E-state index in [4.69, 9.17) is 11.5 Å². The number of benzene rings is 3. The van der Waals surface area contributed by atoms with Gasteiger partial charge in [-0.3, -0.25) is 0 Å². The van der Waals surface area contributed by atoms with Crippen molar-refractivity contribution in [3.05, 3.63) is 101 Å². The minimum Gasteiger partial charge on any atom is -0.399 e. The Kier molecular flexibility index (Phi) is 5.82. The molecule has 5 N–H and O–H groups in total. The van der Waals surface area contributed by atoms with Crippen LogP contribution in [0.3, 0.4) is 0 Å². The lowest BCUT2D eigenvalue weighted by atomic mass is 9.98. The van der Waals surface area contributed by atoms with Crippen molar-refractivity contribution >= 4 is 23.0 Å². The molecule has 134 valence electrons. The first-order valence-electron chi connectivity index (χ1n) is 8.35. The fourth-order valence-corrected chi connectivity index (χ4v) is 3.46. The van der Waals surface area contributed by atoms with Gasteiger partial charge in [-0.2, -0.15) is 5.26 Å². The van der Waals surface area contributed by atoms with E-state index in [2.05, 4.69) is 6.07 Å². The third-order valence-corrected chi connectivity index (χ3v) is 5.00. The van der Waals surface area contributed by atoms with Crippen molar-refractivity contribution in [2.75, 3.05) is 5.73 Å². The van der Waals surface area contributed by atoms with Crippen LogP contribution in [0.5, 0.6) is 0 Å². The van der Waals surface area contributed by atoms with Crippen molar-refractivity contribution in [1.82, 2.24) is 0 Å². The number of aliphatic hydroxyl groups is 1. The topological polar surface area (TPSA) is 96.1 Å². The van der Waals surface area contributed by atoms with E-state index < -0.39 is 6.10 Å². The molecule has 5 heteroatoms. The highest BCUT2D eigenvalue weighted by atomic mass is 32.2. The molecule has 0 saturated heterocycles. The van der Waals surface area contributed by atoms with Gasteiger partial charge < -0.3 is 16.6 Å². The molecule has 0 aromatic heterocycles. The molecule has 3 aromatic rings. The summed E-state index contributed by atoms with van der Waals surface area (Å²) in [5, 5.41) is 20.7. The predicted octanol–water partition coefficient (Wildman–Crippen LogP) is 4.29. The van der Waals surface area contributed by atoms with Gasteiger partial charge in [0, 0.05) is 10.6 Å². The molecule has 3 rings (SSSR count). The zero-order valence-corrected chi connectivity index (χ0v) is 15.4. The maximum absolute atomic E-state index is 10.6. The first-order valence-corrected chi connectivity index (χ1v) is 9.16. The lowest BCUT2D eigenvalue weighted by Gasteiger charge is -2.13. The molecule has 0 aliphatic carbocycles. The van der Waals surface area contributed by atoms with Gasteiger partial charge in [-0.1, -0.05) is 60.3 Å². The summed E-state index contributed by atoms with van der Waals surface area (Å²) in [6.07, 6.45) is -0.767. The van der Waals surface area contributed by atoms with Crippen LogP contribution in [0, 0.1) is 11.3 Å². The molecule has 0 spiro atoms. The van der Waals surface area contributed by atoms with Crippen molar-refractivity contribution in [3.63, 3.8) is 0 Å². The van der Waals surface area contributed by atoms with Gasteiger partial charge in [0.15, 0.2) is 0 Å². The highest BCUT2D eigenvalue weighted by Gasteiger charge is 2.13. The summed E-state index contributed by atoms with van der Waals surface area (Å²) in [6.45, 7) is 0. The molecular weight excluding hydrogens is 354 g/mol. The minimum absolute atomic E-state index is 0.374. The molecule has 0 aliphatic rings. The van der Waals surface area contributed by atoms with Gasteiger partial charge in [-0.05, 0) is 47.0 Å². The molecule has 3 aromatic carbocycles. The molecule has 4 nitrogen and oxygen atoms in total. The van der Waals surface area contributed by atoms with Crippen LogP contribution in [-0.4, -0.2) is 5.11 Å². The third-order valence-electron chi connectivity index (χ3n) is 4.07. The molecule has 1 atom stereocenters. The summed E-state index contributed by atoms with van der Waals surface area (Å²) in [4.78, 5) is 0.898. The van der Waals surface area contributed by atoms with Crippen LogP contribution < -0.4 is 11.5 Å². The Balaban J connectivity index is 1.91. The summed E-state index contributed by atoms with van der Waals surface area (Å²) in [6, 6.07) is 26.1. The average molecular weight is 373 g/mol. The van der Waals surface area contributed by atoms with E-state index in [1.54, 1.807) is 18.2 Å². The molecule has 0 aliphatic heterocycles. The molecule has 0 heterocycles. The van der Waals surface area contributed by atoms with Crippen molar-refractivity contribution in [1.29, 1.82) is 5.26 Å². The Labute approximate surface area is 162 Å². The van der Waals surface area contributed by atoms with Crippen LogP contribution in [0.15, 0.2) is 88.8 Å². The second-order valence-corrected chi connectivity index (χ2v) is 7.08. The summed E-state index contributed by atoms with van der Waals surface area (Å²) in [7, 11) is 0. The number of hydrogen-bond donors (Lipinski definition) is 3. The van der Waals surface area contributed by atoms with E-state index in [-0.39, 0.29) is 0 Å². The maximum Gasteiger partial charge on any atom is 0.104 e. The number of hydrogen-bond acceptors (Lipinski definition) is 5. The normalized spacial score (nSPS) is 12.7. The number of aliphatic hydroxyl groups excluding tert-OH is 1. The standard InChI is InChI=1S/C22H19N3OS/c23-14-20(22(25)27-19-11-9-18(24)10-12-19)16-7-4-8-17(13-16)21(26)15-5-2-1-3-6-15/h1-13,21,26H,24-25H2/b22-20+. The fraction of sp³-hybridized carbons (Fsp3) is 0.0455. The number of nitrogen functional groups attached to an aromatic ring is 1. The van der Waals surface area contributed by atoms with E-state index >= 15 is 0 Å². The SMILES string of the molecule is N#C/C(=C(/N)Sc1ccc(N)cc1)c1cccc(C(O)c2ccccc2)c1. The van der Waals surface area contributed by atoms with Crippen LogP contribution >= 0.6 is 11.8 Å². The Morgan fingerprint density at radius 1 is 0.926 bits per heavy atom.